The molecule has 1 aromatic heterocycles. The highest BCUT2D eigenvalue weighted by molar-refractivity contribution is 6.29. The zero-order valence-corrected chi connectivity index (χ0v) is 18.1. The molecular formula is C20H28ClN5O5. The molecule has 0 atom stereocenters. The molecule has 0 aromatic carbocycles. The van der Waals surface area contributed by atoms with E-state index in [1.165, 1.54) is 13.3 Å². The second-order valence-corrected chi connectivity index (χ2v) is 8.46. The van der Waals surface area contributed by atoms with Gasteiger partial charge in [0.15, 0.2) is 0 Å². The van der Waals surface area contributed by atoms with Gasteiger partial charge in [0.1, 0.15) is 5.15 Å². The highest BCUT2D eigenvalue weighted by atomic mass is 35.5. The lowest BCUT2D eigenvalue weighted by atomic mass is 9.80. The van der Waals surface area contributed by atoms with Crippen LogP contribution in [0.5, 0.6) is 0 Å². The minimum Gasteiger partial charge on any atom is -0.465 e. The molecule has 3 rings (SSSR count). The Balaban J connectivity index is 1.51. The number of carbonyl (C=O) groups is 3. The molecule has 0 bridgehead atoms. The van der Waals surface area contributed by atoms with Gasteiger partial charge in [0.2, 0.25) is 0 Å². The summed E-state index contributed by atoms with van der Waals surface area (Å²) < 4.78 is 4.57. The van der Waals surface area contributed by atoms with Crippen LogP contribution in [0.4, 0.5) is 15.3 Å². The molecule has 170 valence electrons. The first-order valence-electron chi connectivity index (χ1n) is 10.4. The Kier molecular flexibility index (Phi) is 7.78. The van der Waals surface area contributed by atoms with E-state index in [2.05, 4.69) is 31.0 Å². The largest absolute Gasteiger partial charge is 0.465 e. The van der Waals surface area contributed by atoms with Gasteiger partial charge in [-0.1, -0.05) is 11.6 Å². The smallest absolute Gasteiger partial charge is 0.406 e. The van der Waals surface area contributed by atoms with E-state index in [1.807, 2.05) is 0 Å². The Morgan fingerprint density at radius 2 is 1.77 bits per heavy atom. The van der Waals surface area contributed by atoms with Crippen LogP contribution in [0.2, 0.25) is 5.15 Å². The SMILES string of the molecule is COC(=O)NC[C@H]1C[C@H](Nc2cc(Cl)ncc2C(=O)N[C@H]2CC[C@H](NC(=O)O)CC2)C1. The van der Waals surface area contributed by atoms with Gasteiger partial charge in [0, 0.05) is 30.9 Å². The third-order valence-electron chi connectivity index (χ3n) is 5.82. The van der Waals surface area contributed by atoms with Crippen LogP contribution in [0.1, 0.15) is 48.9 Å². The second-order valence-electron chi connectivity index (χ2n) is 8.08. The van der Waals surface area contributed by atoms with E-state index < -0.39 is 12.2 Å². The standard InChI is InChI=1S/C20H28ClN5O5/c1-31-20(30)23-9-11-6-14(7-11)24-16-8-17(21)22-10-15(16)18(27)25-12-2-4-13(5-3-12)26-19(28)29/h8,10-14,26H,2-7,9H2,1H3,(H,22,24)(H,23,30)(H,25,27)(H,28,29)/t11-,12-,13-,14-. The molecule has 11 heteroatoms. The number of hydrogen-bond acceptors (Lipinski definition) is 6. The Bertz CT molecular complexity index is 809. The molecule has 1 aromatic rings. The quantitative estimate of drug-likeness (QED) is 0.399. The summed E-state index contributed by atoms with van der Waals surface area (Å²) in [5.74, 6) is 0.116. The van der Waals surface area contributed by atoms with Gasteiger partial charge in [-0.2, -0.15) is 0 Å². The number of hydrogen-bond donors (Lipinski definition) is 5. The summed E-state index contributed by atoms with van der Waals surface area (Å²) in [6.07, 6.45) is 4.49. The molecule has 2 saturated carbocycles. The summed E-state index contributed by atoms with van der Waals surface area (Å²) in [5, 5.41) is 20.7. The van der Waals surface area contributed by atoms with Gasteiger partial charge >= 0.3 is 12.2 Å². The van der Waals surface area contributed by atoms with Gasteiger partial charge in [-0.05, 0) is 50.5 Å². The number of nitrogens with one attached hydrogen (secondary N) is 4. The number of halogens is 1. The van der Waals surface area contributed by atoms with Crippen molar-refractivity contribution in [3.05, 3.63) is 23.0 Å². The number of aromatic nitrogens is 1. The van der Waals surface area contributed by atoms with Gasteiger partial charge in [0.05, 0.1) is 18.4 Å². The molecule has 1 heterocycles. The molecule has 2 aliphatic carbocycles. The van der Waals surface area contributed by atoms with Crippen LogP contribution in [-0.2, 0) is 4.74 Å². The summed E-state index contributed by atoms with van der Waals surface area (Å²) in [7, 11) is 1.33. The summed E-state index contributed by atoms with van der Waals surface area (Å²) in [6.45, 7) is 0.550. The average molecular weight is 454 g/mol. The molecule has 0 aliphatic heterocycles. The number of nitrogens with zero attached hydrogens (tertiary/aromatic N) is 1. The first-order chi connectivity index (χ1) is 14.8. The molecule has 3 amide bonds. The van der Waals surface area contributed by atoms with Gasteiger partial charge in [0.25, 0.3) is 5.91 Å². The summed E-state index contributed by atoms with van der Waals surface area (Å²) in [6, 6.07) is 1.73. The van der Waals surface area contributed by atoms with Crippen molar-refractivity contribution in [2.24, 2.45) is 5.92 Å². The van der Waals surface area contributed by atoms with Crippen LogP contribution < -0.4 is 21.3 Å². The first kappa shape index (κ1) is 22.9. The number of methoxy groups -OCH3 is 1. The van der Waals surface area contributed by atoms with E-state index in [0.717, 1.165) is 12.8 Å². The number of pyridine rings is 1. The Hall–Kier alpha value is -2.75. The number of alkyl carbamates (subject to hydrolysis) is 1. The van der Waals surface area contributed by atoms with Crippen molar-refractivity contribution < 1.29 is 24.2 Å². The van der Waals surface area contributed by atoms with Crippen LogP contribution in [0, 0.1) is 5.92 Å². The number of carbonyl (C=O) groups excluding carboxylic acids is 2. The van der Waals surface area contributed by atoms with Gasteiger partial charge in [-0.15, -0.1) is 0 Å². The fraction of sp³-hybridized carbons (Fsp3) is 0.600. The molecule has 31 heavy (non-hydrogen) atoms. The molecular weight excluding hydrogens is 426 g/mol. The minimum absolute atomic E-state index is 0.0136. The van der Waals surface area contributed by atoms with E-state index in [4.69, 9.17) is 16.7 Å². The van der Waals surface area contributed by atoms with Crippen molar-refractivity contribution in [2.75, 3.05) is 19.0 Å². The van der Waals surface area contributed by atoms with Crippen molar-refractivity contribution in [1.82, 2.24) is 20.9 Å². The van der Waals surface area contributed by atoms with Crippen LogP contribution in [-0.4, -0.2) is 60.0 Å². The fourth-order valence-corrected chi connectivity index (χ4v) is 4.25. The monoisotopic (exact) mass is 453 g/mol. The number of rotatable bonds is 7. The van der Waals surface area contributed by atoms with Crippen LogP contribution in [0.3, 0.4) is 0 Å². The molecule has 0 radical (unpaired) electrons. The molecule has 10 nitrogen and oxygen atoms in total. The third kappa shape index (κ3) is 6.61. The molecule has 0 unspecified atom stereocenters. The van der Waals surface area contributed by atoms with Gasteiger partial charge in [-0.25, -0.2) is 14.6 Å². The van der Waals surface area contributed by atoms with Crippen molar-refractivity contribution in [3.8, 4) is 0 Å². The van der Waals surface area contributed by atoms with Crippen LogP contribution >= 0.6 is 11.6 Å². The molecule has 2 aliphatic rings. The van der Waals surface area contributed by atoms with Crippen LogP contribution in [0.15, 0.2) is 12.3 Å². The first-order valence-corrected chi connectivity index (χ1v) is 10.8. The van der Waals surface area contributed by atoms with E-state index >= 15 is 0 Å². The van der Waals surface area contributed by atoms with Crippen molar-refractivity contribution in [1.29, 1.82) is 0 Å². The van der Waals surface area contributed by atoms with Crippen molar-refractivity contribution in [2.45, 2.75) is 56.7 Å². The number of ether oxygens (including phenoxy) is 1. The van der Waals surface area contributed by atoms with E-state index in [0.29, 0.717) is 54.5 Å². The summed E-state index contributed by atoms with van der Waals surface area (Å²) in [4.78, 5) is 38.8. The zero-order valence-electron chi connectivity index (χ0n) is 17.3. The van der Waals surface area contributed by atoms with E-state index in [-0.39, 0.29) is 24.0 Å². The highest BCUT2D eigenvalue weighted by Crippen LogP contribution is 2.31. The Morgan fingerprint density at radius 1 is 1.13 bits per heavy atom. The van der Waals surface area contributed by atoms with Gasteiger partial charge < -0.3 is 31.1 Å². The predicted molar refractivity (Wildman–Crippen MR) is 114 cm³/mol. The zero-order chi connectivity index (χ0) is 22.4. The minimum atomic E-state index is -1.02. The third-order valence-corrected chi connectivity index (χ3v) is 6.03. The Labute approximate surface area is 185 Å². The molecule has 0 saturated heterocycles. The van der Waals surface area contributed by atoms with Crippen molar-refractivity contribution >= 4 is 35.4 Å². The van der Waals surface area contributed by atoms with Gasteiger partial charge in [-0.3, -0.25) is 4.79 Å². The topological polar surface area (TPSA) is 142 Å². The fourth-order valence-electron chi connectivity index (χ4n) is 4.09. The van der Waals surface area contributed by atoms with Crippen molar-refractivity contribution in [3.63, 3.8) is 0 Å². The maximum absolute atomic E-state index is 12.9. The predicted octanol–water partition coefficient (Wildman–Crippen LogP) is 2.59. The number of amides is 3. The lowest BCUT2D eigenvalue weighted by Gasteiger charge is -2.37. The van der Waals surface area contributed by atoms with E-state index in [1.54, 1.807) is 6.07 Å². The van der Waals surface area contributed by atoms with E-state index in [9.17, 15) is 14.4 Å². The lowest BCUT2D eigenvalue weighted by Crippen LogP contribution is -2.44. The molecule has 5 N–H and O–H groups in total. The Morgan fingerprint density at radius 3 is 2.39 bits per heavy atom. The summed E-state index contributed by atoms with van der Waals surface area (Å²) >= 11 is 6.05. The lowest BCUT2D eigenvalue weighted by molar-refractivity contribution is 0.0923. The normalized spacial score (nSPS) is 25.0. The second kappa shape index (κ2) is 10.5. The maximum Gasteiger partial charge on any atom is 0.406 e. The number of carboxylic acid groups (broad SMARTS) is 1. The highest BCUT2D eigenvalue weighted by Gasteiger charge is 2.31. The molecule has 2 fully saturated rings. The van der Waals surface area contributed by atoms with Crippen LogP contribution in [0.25, 0.3) is 0 Å². The summed E-state index contributed by atoms with van der Waals surface area (Å²) in [5.41, 5.74) is 1.05. The maximum atomic E-state index is 12.9. The number of anilines is 1. The molecule has 0 spiro atoms. The average Bonchev–Trinajstić information content (AvgIpc) is 2.70.